The van der Waals surface area contributed by atoms with Crippen LogP contribution in [0.4, 0.5) is 0 Å². The van der Waals surface area contributed by atoms with Crippen LogP contribution in [0.25, 0.3) is 0 Å². The maximum atomic E-state index is 8.32. The third-order valence-electron chi connectivity index (χ3n) is 1.79. The van der Waals surface area contributed by atoms with Crippen LogP contribution in [-0.2, 0) is 9.78 Å². The van der Waals surface area contributed by atoms with Crippen molar-refractivity contribution in [2.24, 2.45) is 0 Å². The van der Waals surface area contributed by atoms with Crippen LogP contribution in [0.5, 0.6) is 0 Å². The van der Waals surface area contributed by atoms with Gasteiger partial charge in [0.05, 0.1) is 0 Å². The van der Waals surface area contributed by atoms with Crippen molar-refractivity contribution in [3.05, 3.63) is 0 Å². The molecule has 12 heavy (non-hydrogen) atoms. The molecular weight excluding hydrogens is 160 g/mol. The Bertz CT molecular complexity index is 87.1. The van der Waals surface area contributed by atoms with E-state index in [1.165, 1.54) is 12.8 Å². The lowest BCUT2D eigenvalue weighted by atomic mass is 10.1. The van der Waals surface area contributed by atoms with Crippen molar-refractivity contribution in [2.75, 3.05) is 6.61 Å². The Hall–Kier alpha value is -0.160. The third kappa shape index (κ3) is 6.54. The van der Waals surface area contributed by atoms with Gasteiger partial charge >= 0.3 is 0 Å². The molecule has 1 atom stereocenters. The van der Waals surface area contributed by atoms with Gasteiger partial charge < -0.3 is 0 Å². The van der Waals surface area contributed by atoms with Gasteiger partial charge in [0.1, 0.15) is 12.7 Å². The summed E-state index contributed by atoms with van der Waals surface area (Å²) in [6.07, 6.45) is 4.81. The first-order valence-electron chi connectivity index (χ1n) is 4.41. The first kappa shape index (κ1) is 11.8. The van der Waals surface area contributed by atoms with Gasteiger partial charge in [0.15, 0.2) is 0 Å². The summed E-state index contributed by atoms with van der Waals surface area (Å²) in [4.78, 5) is 7.95. The predicted molar refractivity (Wildman–Crippen MR) is 44.8 cm³/mol. The van der Waals surface area contributed by atoms with Crippen molar-refractivity contribution in [1.29, 1.82) is 0 Å². The van der Waals surface area contributed by atoms with Gasteiger partial charge in [-0.3, -0.25) is 10.5 Å². The van der Waals surface area contributed by atoms with Crippen molar-refractivity contribution in [1.82, 2.24) is 0 Å². The van der Waals surface area contributed by atoms with Gasteiger partial charge in [-0.2, -0.15) is 0 Å². The fourth-order valence-corrected chi connectivity index (χ4v) is 1.05. The Morgan fingerprint density at radius 3 is 2.42 bits per heavy atom. The fraction of sp³-hybridized carbons (Fsp3) is 1.00. The standard InChI is InChI=1S/C8H18O4/c1-2-3-4-5-6-8(12-10)7-11-9/h8-10H,2-7H2,1H3. The Morgan fingerprint density at radius 2 is 1.92 bits per heavy atom. The van der Waals surface area contributed by atoms with Crippen molar-refractivity contribution in [2.45, 2.75) is 45.1 Å². The van der Waals surface area contributed by atoms with Crippen LogP contribution in [0, 0.1) is 0 Å². The maximum Gasteiger partial charge on any atom is 0.119 e. The number of hydrogen-bond donors (Lipinski definition) is 2. The Kier molecular flexibility index (Phi) is 8.81. The molecule has 2 N–H and O–H groups in total. The Labute approximate surface area is 73.0 Å². The topological polar surface area (TPSA) is 58.9 Å². The quantitative estimate of drug-likeness (QED) is 0.340. The van der Waals surface area contributed by atoms with Crippen LogP contribution >= 0.6 is 0 Å². The van der Waals surface area contributed by atoms with Gasteiger partial charge in [0, 0.05) is 0 Å². The minimum Gasteiger partial charge on any atom is -0.252 e. The Balaban J connectivity index is 3.19. The second-order valence-corrected chi connectivity index (χ2v) is 2.87. The van der Waals surface area contributed by atoms with Crippen LogP contribution in [0.15, 0.2) is 0 Å². The SMILES string of the molecule is CCCCCCC(COO)OO. The second-order valence-electron chi connectivity index (χ2n) is 2.87. The normalized spacial score (nSPS) is 13.2. The van der Waals surface area contributed by atoms with Crippen LogP contribution < -0.4 is 0 Å². The van der Waals surface area contributed by atoms with Gasteiger partial charge in [-0.25, -0.2) is 9.78 Å². The molecule has 74 valence electrons. The highest BCUT2D eigenvalue weighted by atomic mass is 17.1. The highest BCUT2D eigenvalue weighted by molar-refractivity contribution is 4.54. The zero-order chi connectivity index (χ0) is 9.23. The third-order valence-corrected chi connectivity index (χ3v) is 1.79. The molecule has 0 aromatic rings. The molecule has 0 heterocycles. The van der Waals surface area contributed by atoms with E-state index < -0.39 is 6.10 Å². The molecule has 0 amide bonds. The second kappa shape index (κ2) is 8.93. The van der Waals surface area contributed by atoms with E-state index in [4.69, 9.17) is 10.5 Å². The first-order valence-corrected chi connectivity index (χ1v) is 4.41. The van der Waals surface area contributed by atoms with Crippen LogP contribution in [0.3, 0.4) is 0 Å². The molecule has 0 aliphatic carbocycles. The lowest BCUT2D eigenvalue weighted by Gasteiger charge is -2.10. The molecule has 0 saturated heterocycles. The summed E-state index contributed by atoms with van der Waals surface area (Å²) >= 11 is 0. The summed E-state index contributed by atoms with van der Waals surface area (Å²) in [7, 11) is 0. The van der Waals surface area contributed by atoms with E-state index >= 15 is 0 Å². The molecule has 0 radical (unpaired) electrons. The predicted octanol–water partition coefficient (Wildman–Crippen LogP) is 2.30. The molecule has 0 aromatic carbocycles. The maximum absolute atomic E-state index is 8.32. The largest absolute Gasteiger partial charge is 0.252 e. The molecule has 0 spiro atoms. The van der Waals surface area contributed by atoms with Crippen LogP contribution in [-0.4, -0.2) is 23.2 Å². The van der Waals surface area contributed by atoms with Crippen LogP contribution in [0.1, 0.15) is 39.0 Å². The van der Waals surface area contributed by atoms with Crippen molar-refractivity contribution in [3.63, 3.8) is 0 Å². The van der Waals surface area contributed by atoms with Gasteiger partial charge in [-0.1, -0.05) is 32.6 Å². The smallest absolute Gasteiger partial charge is 0.119 e. The van der Waals surface area contributed by atoms with E-state index in [1.54, 1.807) is 0 Å². The molecule has 0 aliphatic rings. The molecule has 4 nitrogen and oxygen atoms in total. The minimum absolute atomic E-state index is 0.0304. The zero-order valence-electron chi connectivity index (χ0n) is 7.53. The molecule has 0 aromatic heterocycles. The van der Waals surface area contributed by atoms with Crippen molar-refractivity contribution >= 4 is 0 Å². The zero-order valence-corrected chi connectivity index (χ0v) is 7.53. The molecule has 1 unspecified atom stereocenters. The monoisotopic (exact) mass is 178 g/mol. The van der Waals surface area contributed by atoms with E-state index in [-0.39, 0.29) is 6.61 Å². The fourth-order valence-electron chi connectivity index (χ4n) is 1.05. The van der Waals surface area contributed by atoms with E-state index in [2.05, 4.69) is 16.7 Å². The van der Waals surface area contributed by atoms with Gasteiger partial charge in [0.25, 0.3) is 0 Å². The van der Waals surface area contributed by atoms with Gasteiger partial charge in [0.2, 0.25) is 0 Å². The molecular formula is C8H18O4. The molecule has 0 aliphatic heterocycles. The summed E-state index contributed by atoms with van der Waals surface area (Å²) in [5.41, 5.74) is 0. The van der Waals surface area contributed by atoms with Crippen molar-refractivity contribution < 1.29 is 20.3 Å². The van der Waals surface area contributed by atoms with Crippen LogP contribution in [0.2, 0.25) is 0 Å². The number of hydrogen-bond acceptors (Lipinski definition) is 4. The summed E-state index contributed by atoms with van der Waals surface area (Å²) in [5, 5.41) is 16.4. The summed E-state index contributed by atoms with van der Waals surface area (Å²) < 4.78 is 0. The van der Waals surface area contributed by atoms with Crippen molar-refractivity contribution in [3.8, 4) is 0 Å². The molecule has 0 saturated carbocycles. The highest BCUT2D eigenvalue weighted by Crippen LogP contribution is 2.07. The van der Waals surface area contributed by atoms with E-state index in [9.17, 15) is 0 Å². The molecule has 0 fully saturated rings. The lowest BCUT2D eigenvalue weighted by Crippen LogP contribution is -2.17. The van der Waals surface area contributed by atoms with Gasteiger partial charge in [-0.15, -0.1) is 0 Å². The number of unbranched alkanes of at least 4 members (excludes halogenated alkanes) is 3. The average Bonchev–Trinajstić information content (AvgIpc) is 2.10. The van der Waals surface area contributed by atoms with Gasteiger partial charge in [-0.05, 0) is 6.42 Å². The summed E-state index contributed by atoms with van der Waals surface area (Å²) in [6.45, 7) is 2.17. The summed E-state index contributed by atoms with van der Waals surface area (Å²) in [6, 6.07) is 0. The van der Waals surface area contributed by atoms with E-state index in [0.717, 1.165) is 19.3 Å². The van der Waals surface area contributed by atoms with E-state index in [1.807, 2.05) is 0 Å². The molecule has 0 rings (SSSR count). The first-order chi connectivity index (χ1) is 5.85. The Morgan fingerprint density at radius 1 is 1.17 bits per heavy atom. The average molecular weight is 178 g/mol. The molecule has 4 heteroatoms. The number of rotatable bonds is 8. The van der Waals surface area contributed by atoms with E-state index in [0.29, 0.717) is 0 Å². The molecule has 0 bridgehead atoms. The lowest BCUT2D eigenvalue weighted by molar-refractivity contribution is -0.327. The highest BCUT2D eigenvalue weighted by Gasteiger charge is 2.08. The summed E-state index contributed by atoms with van der Waals surface area (Å²) in [5.74, 6) is 0. The minimum atomic E-state index is -0.396.